The highest BCUT2D eigenvalue weighted by Crippen LogP contribution is 2.30. The minimum absolute atomic E-state index is 0.431. The highest BCUT2D eigenvalue weighted by molar-refractivity contribution is 7.17. The number of aromatic nitrogens is 3. The molecule has 1 aliphatic rings. The van der Waals surface area contributed by atoms with Crippen molar-refractivity contribution in [3.8, 4) is 11.3 Å². The van der Waals surface area contributed by atoms with Crippen molar-refractivity contribution in [1.29, 1.82) is 0 Å². The van der Waals surface area contributed by atoms with Crippen LogP contribution in [0.25, 0.3) is 27.3 Å². The van der Waals surface area contributed by atoms with Gasteiger partial charge < -0.3 is 9.73 Å². The van der Waals surface area contributed by atoms with Crippen LogP contribution in [0.4, 0.5) is 0 Å². The lowest BCUT2D eigenvalue weighted by Gasteiger charge is -2.11. The number of benzene rings is 1. The number of hydrogen-bond donors (Lipinski definition) is 2. The Morgan fingerprint density at radius 3 is 3.27 bits per heavy atom. The van der Waals surface area contributed by atoms with Crippen LogP contribution in [-0.4, -0.2) is 20.9 Å². The van der Waals surface area contributed by atoms with Gasteiger partial charge in [0.15, 0.2) is 10.5 Å². The molecule has 6 nitrogen and oxygen atoms in total. The molecule has 0 atom stereocenters. The maximum Gasteiger partial charge on any atom is 0.417 e. The lowest BCUT2D eigenvalue weighted by molar-refractivity contribution is 0.555. The summed E-state index contributed by atoms with van der Waals surface area (Å²) in [7, 11) is 0. The van der Waals surface area contributed by atoms with Crippen LogP contribution in [0.2, 0.25) is 0 Å². The second kappa shape index (κ2) is 4.31. The molecule has 2 N–H and O–H groups in total. The van der Waals surface area contributed by atoms with Crippen molar-refractivity contribution in [1.82, 2.24) is 19.7 Å². The highest BCUT2D eigenvalue weighted by Gasteiger charge is 2.18. The molecule has 1 aromatic carbocycles. The average molecular weight is 312 g/mol. The largest absolute Gasteiger partial charge is 0.417 e. The van der Waals surface area contributed by atoms with Crippen molar-refractivity contribution in [2.24, 2.45) is 0 Å². The van der Waals surface area contributed by atoms with E-state index >= 15 is 0 Å². The minimum Gasteiger partial charge on any atom is -0.408 e. The van der Waals surface area contributed by atoms with Crippen molar-refractivity contribution in [2.75, 3.05) is 6.54 Å². The Morgan fingerprint density at radius 2 is 2.32 bits per heavy atom. The quantitative estimate of drug-likeness (QED) is 0.565. The number of aromatic amines is 1. The Hall–Kier alpha value is -2.38. The molecule has 3 aromatic heterocycles. The number of imidazole rings is 1. The molecule has 4 aromatic rings. The van der Waals surface area contributed by atoms with Crippen molar-refractivity contribution in [2.45, 2.75) is 13.0 Å². The fourth-order valence-electron chi connectivity index (χ4n) is 2.98. The molecule has 0 saturated carbocycles. The number of H-pyrrole nitrogens is 1. The summed E-state index contributed by atoms with van der Waals surface area (Å²) in [4.78, 5) is 21.0. The van der Waals surface area contributed by atoms with Gasteiger partial charge in [-0.15, -0.1) is 0 Å². The van der Waals surface area contributed by atoms with Gasteiger partial charge in [-0.25, -0.2) is 9.78 Å². The average Bonchev–Trinajstić information content (AvgIpc) is 3.16. The van der Waals surface area contributed by atoms with Crippen LogP contribution in [0.1, 0.15) is 10.6 Å². The highest BCUT2D eigenvalue weighted by atomic mass is 32.1. The van der Waals surface area contributed by atoms with Gasteiger partial charge in [-0.05, 0) is 12.1 Å². The number of nitrogens with zero attached hydrogens (tertiary/aromatic N) is 2. The molecule has 110 valence electrons. The van der Waals surface area contributed by atoms with E-state index in [0.29, 0.717) is 11.1 Å². The van der Waals surface area contributed by atoms with Crippen LogP contribution in [0.5, 0.6) is 0 Å². The number of thiazole rings is 1. The molecular formula is C15H12N4O2S. The van der Waals surface area contributed by atoms with E-state index in [0.717, 1.165) is 35.7 Å². The van der Waals surface area contributed by atoms with Crippen molar-refractivity contribution in [3.05, 3.63) is 45.5 Å². The fourth-order valence-corrected chi connectivity index (χ4v) is 4.10. The summed E-state index contributed by atoms with van der Waals surface area (Å²) in [6.07, 6.45) is 3.10. The Bertz CT molecular complexity index is 1070. The SMILES string of the molecule is O=c1[nH]c2ccc(-c3cn4c5c(sc4n3)CNCC5)cc2o1. The van der Waals surface area contributed by atoms with Gasteiger partial charge in [-0.2, -0.15) is 0 Å². The molecule has 0 radical (unpaired) electrons. The van der Waals surface area contributed by atoms with Crippen LogP contribution in [0.15, 0.2) is 33.6 Å². The first-order chi connectivity index (χ1) is 10.8. The number of fused-ring (bicyclic) bond motifs is 4. The van der Waals surface area contributed by atoms with E-state index < -0.39 is 5.76 Å². The molecular weight excluding hydrogens is 300 g/mol. The van der Waals surface area contributed by atoms with Crippen LogP contribution in [0.3, 0.4) is 0 Å². The molecule has 0 spiro atoms. The fraction of sp³-hybridized carbons (Fsp3) is 0.200. The summed E-state index contributed by atoms with van der Waals surface area (Å²) in [5, 5.41) is 3.38. The lowest BCUT2D eigenvalue weighted by atomic mass is 10.1. The molecule has 0 bridgehead atoms. The first-order valence-electron chi connectivity index (χ1n) is 7.11. The van der Waals surface area contributed by atoms with Gasteiger partial charge in [-0.1, -0.05) is 17.4 Å². The third-order valence-electron chi connectivity index (χ3n) is 4.04. The Kier molecular flexibility index (Phi) is 2.39. The first-order valence-corrected chi connectivity index (χ1v) is 7.93. The van der Waals surface area contributed by atoms with Crippen LogP contribution in [-0.2, 0) is 13.0 Å². The van der Waals surface area contributed by atoms with Crippen molar-refractivity contribution >= 4 is 27.4 Å². The maximum absolute atomic E-state index is 11.3. The van der Waals surface area contributed by atoms with Crippen LogP contribution in [0, 0.1) is 0 Å². The number of hydrogen-bond acceptors (Lipinski definition) is 5. The number of nitrogens with one attached hydrogen (secondary N) is 2. The van der Waals surface area contributed by atoms with Gasteiger partial charge in [0.2, 0.25) is 0 Å². The van der Waals surface area contributed by atoms with E-state index in [-0.39, 0.29) is 0 Å². The summed E-state index contributed by atoms with van der Waals surface area (Å²) in [5.74, 6) is -0.431. The van der Waals surface area contributed by atoms with Gasteiger partial charge in [0, 0.05) is 41.8 Å². The summed E-state index contributed by atoms with van der Waals surface area (Å²) in [6.45, 7) is 1.94. The van der Waals surface area contributed by atoms with E-state index in [4.69, 9.17) is 9.40 Å². The minimum atomic E-state index is -0.431. The predicted octanol–water partition coefficient (Wildman–Crippen LogP) is 2.14. The van der Waals surface area contributed by atoms with E-state index in [1.807, 2.05) is 18.2 Å². The molecule has 0 fully saturated rings. The smallest absolute Gasteiger partial charge is 0.408 e. The second-order valence-electron chi connectivity index (χ2n) is 5.40. The standard InChI is InChI=1S/C15H12N4O2S/c20-15-18-9-2-1-8(5-12(9)21-15)10-7-19-11-3-4-16-6-13(11)22-14(19)17-10/h1-2,5,7,16H,3-4,6H2,(H,18,20). The van der Waals surface area contributed by atoms with Crippen LogP contribution >= 0.6 is 11.3 Å². The Balaban J connectivity index is 1.68. The molecule has 0 unspecified atom stereocenters. The maximum atomic E-state index is 11.3. The zero-order chi connectivity index (χ0) is 14.7. The monoisotopic (exact) mass is 312 g/mol. The van der Waals surface area contributed by atoms with Crippen molar-refractivity contribution < 1.29 is 4.42 Å². The summed E-state index contributed by atoms with van der Waals surface area (Å²) >= 11 is 1.73. The third-order valence-corrected chi connectivity index (χ3v) is 5.14. The Labute approximate surface area is 128 Å². The molecule has 1 aliphatic heterocycles. The lowest BCUT2D eigenvalue weighted by Crippen LogP contribution is -2.23. The summed E-state index contributed by atoms with van der Waals surface area (Å²) in [5.41, 5.74) is 4.47. The molecule has 0 amide bonds. The molecule has 4 heterocycles. The van der Waals surface area contributed by atoms with E-state index in [1.165, 1.54) is 10.6 Å². The Morgan fingerprint density at radius 1 is 1.36 bits per heavy atom. The predicted molar refractivity (Wildman–Crippen MR) is 84.3 cm³/mol. The molecule has 7 heteroatoms. The normalized spacial score (nSPS) is 14.7. The van der Waals surface area contributed by atoms with E-state index in [9.17, 15) is 4.79 Å². The van der Waals surface area contributed by atoms with Gasteiger partial charge >= 0.3 is 5.76 Å². The molecule has 22 heavy (non-hydrogen) atoms. The summed E-state index contributed by atoms with van der Waals surface area (Å²) < 4.78 is 7.31. The molecule has 0 aliphatic carbocycles. The van der Waals surface area contributed by atoms with E-state index in [2.05, 4.69) is 20.9 Å². The number of rotatable bonds is 1. The van der Waals surface area contributed by atoms with Crippen molar-refractivity contribution in [3.63, 3.8) is 0 Å². The van der Waals surface area contributed by atoms with Gasteiger partial charge in [0.1, 0.15) is 0 Å². The van der Waals surface area contributed by atoms with Gasteiger partial charge in [-0.3, -0.25) is 9.38 Å². The zero-order valence-electron chi connectivity index (χ0n) is 11.5. The molecule has 0 saturated heterocycles. The van der Waals surface area contributed by atoms with Gasteiger partial charge in [0.05, 0.1) is 11.2 Å². The summed E-state index contributed by atoms with van der Waals surface area (Å²) in [6, 6.07) is 5.66. The zero-order valence-corrected chi connectivity index (χ0v) is 12.4. The number of oxazole rings is 1. The topological polar surface area (TPSA) is 75.3 Å². The van der Waals surface area contributed by atoms with E-state index in [1.54, 1.807) is 11.3 Å². The first kappa shape index (κ1) is 12.2. The van der Waals surface area contributed by atoms with Crippen LogP contribution < -0.4 is 11.1 Å². The third kappa shape index (κ3) is 1.69. The molecule has 5 rings (SSSR count). The second-order valence-corrected chi connectivity index (χ2v) is 6.46. The van der Waals surface area contributed by atoms with Gasteiger partial charge in [0.25, 0.3) is 0 Å².